The van der Waals surface area contributed by atoms with Crippen LogP contribution in [-0.4, -0.2) is 149 Å². The van der Waals surface area contributed by atoms with E-state index in [1.54, 1.807) is 6.92 Å². The molecule has 0 bridgehead atoms. The molecule has 4 heterocycles. The van der Waals surface area contributed by atoms with Gasteiger partial charge in [0.2, 0.25) is 5.91 Å². The highest BCUT2D eigenvalue weighted by atomic mass is 16.6. The van der Waals surface area contributed by atoms with E-state index in [2.05, 4.69) is 58.3 Å². The third-order valence-corrected chi connectivity index (χ3v) is 14.9. The smallest absolute Gasteiger partial charge is 0.407 e. The summed E-state index contributed by atoms with van der Waals surface area (Å²) in [5.74, 6) is -0.739. The van der Waals surface area contributed by atoms with Gasteiger partial charge in [-0.3, -0.25) is 19.5 Å². The summed E-state index contributed by atoms with van der Waals surface area (Å²) in [6.07, 6.45) is 2.65. The maximum atomic E-state index is 15.3. The van der Waals surface area contributed by atoms with Gasteiger partial charge in [-0.15, -0.1) is 0 Å². The molecule has 1 aromatic heterocycles. The van der Waals surface area contributed by atoms with Crippen molar-refractivity contribution < 1.29 is 33.4 Å². The van der Waals surface area contributed by atoms with Crippen LogP contribution < -0.4 is 33.0 Å². The molecule has 3 aliphatic carbocycles. The Hall–Kier alpha value is -4.23. The Balaban J connectivity index is 1.20. The molecule has 19 nitrogen and oxygen atoms in total. The first kappa shape index (κ1) is 50.6. The summed E-state index contributed by atoms with van der Waals surface area (Å²) in [4.78, 5) is 106. The average molecular weight is 942 g/mol. The van der Waals surface area contributed by atoms with E-state index in [0.717, 1.165) is 48.4 Å². The van der Waals surface area contributed by atoms with Crippen molar-refractivity contribution in [3.8, 4) is 0 Å². The van der Waals surface area contributed by atoms with Gasteiger partial charge in [0.05, 0.1) is 5.41 Å². The van der Waals surface area contributed by atoms with Crippen LogP contribution in [0.4, 0.5) is 14.4 Å². The number of aromatic nitrogens is 3. The Kier molecular flexibility index (Phi) is 14.6. The number of nitrogens with one attached hydrogen (secondary N) is 3. The van der Waals surface area contributed by atoms with Crippen LogP contribution in [0.1, 0.15) is 125 Å². The lowest BCUT2D eigenvalue weighted by atomic mass is 9.62. The molecule has 3 aliphatic heterocycles. The zero-order valence-corrected chi connectivity index (χ0v) is 41.8. The van der Waals surface area contributed by atoms with Gasteiger partial charge in [-0.1, -0.05) is 62.3 Å². The van der Waals surface area contributed by atoms with Gasteiger partial charge in [0.25, 0.3) is 0 Å². The maximum Gasteiger partial charge on any atom is 0.407 e. The maximum absolute atomic E-state index is 15.3. The van der Waals surface area contributed by atoms with Crippen LogP contribution in [0.25, 0.3) is 0 Å². The minimum absolute atomic E-state index is 0.116. The molecule has 1 aromatic rings. The third kappa shape index (κ3) is 13.7. The molecule has 0 radical (unpaired) electrons. The number of ether oxygens (including phenoxy) is 3. The summed E-state index contributed by atoms with van der Waals surface area (Å²) in [6, 6.07) is -1.15. The van der Waals surface area contributed by atoms with E-state index in [4.69, 9.17) is 14.2 Å². The van der Waals surface area contributed by atoms with Crippen LogP contribution >= 0.6 is 0 Å². The van der Waals surface area contributed by atoms with Gasteiger partial charge in [-0.2, -0.15) is 4.57 Å². The Bertz CT molecular complexity index is 2100. The summed E-state index contributed by atoms with van der Waals surface area (Å²) in [7, 11) is 0. The third-order valence-electron chi connectivity index (χ3n) is 14.9. The first-order valence-electron chi connectivity index (χ1n) is 24.7. The Labute approximate surface area is 395 Å². The van der Waals surface area contributed by atoms with Crippen molar-refractivity contribution in [1.29, 1.82) is 0 Å². The van der Waals surface area contributed by atoms with Crippen molar-refractivity contribution in [2.45, 2.75) is 151 Å². The molecule has 7 rings (SSSR count). The molecule has 3 saturated carbocycles. The van der Waals surface area contributed by atoms with Gasteiger partial charge in [0.1, 0.15) is 19.8 Å². The molecule has 6 atom stereocenters. The fourth-order valence-electron chi connectivity index (χ4n) is 12.9. The van der Waals surface area contributed by atoms with Gasteiger partial charge >= 0.3 is 35.3 Å². The van der Waals surface area contributed by atoms with Crippen molar-refractivity contribution in [3.05, 3.63) is 31.5 Å². The van der Waals surface area contributed by atoms with Crippen LogP contribution in [0.2, 0.25) is 0 Å². The largest absolute Gasteiger partial charge is 0.448 e. The molecule has 19 heteroatoms. The van der Waals surface area contributed by atoms with Crippen LogP contribution in [0.15, 0.2) is 14.4 Å². The first-order valence-corrected chi connectivity index (χ1v) is 24.7. The lowest BCUT2D eigenvalue weighted by Gasteiger charge is -2.47. The molecule has 3 N–H and O–H groups in total. The second-order valence-corrected chi connectivity index (χ2v) is 24.5. The zero-order valence-electron chi connectivity index (χ0n) is 41.8. The van der Waals surface area contributed by atoms with E-state index < -0.39 is 69.0 Å². The van der Waals surface area contributed by atoms with E-state index in [9.17, 15) is 14.4 Å². The standard InChI is InChI=1S/C48H79N9O10/c1-43(2)22-33(49-37(59)65-19-16-52-10-11-52)25-46(7,28-43)31-55-40(62)56(32-47(8)26-34(23-44(3,4)29-47)50-38(60)66-20-17-53-12-13-53)42(64)57(41(55)63)36(58)48(9)27-35(24-45(5,6)30-48)51-39(61)67-21-18-54-14-15-54/h33-35H,10-32H2,1-9H3,(H,49,59)(H,50,60)(H,51,61). The summed E-state index contributed by atoms with van der Waals surface area (Å²) >= 11 is 0. The summed E-state index contributed by atoms with van der Waals surface area (Å²) in [6.45, 7) is 26.5. The molecule has 0 spiro atoms. The molecule has 6 fully saturated rings. The minimum Gasteiger partial charge on any atom is -0.448 e. The topological polar surface area (TPSA) is 207 Å². The van der Waals surface area contributed by atoms with Crippen molar-refractivity contribution in [3.63, 3.8) is 0 Å². The lowest BCUT2D eigenvalue weighted by Crippen LogP contribution is -2.62. The van der Waals surface area contributed by atoms with Crippen LogP contribution in [-0.2, 0) is 27.3 Å². The Morgan fingerprint density at radius 2 is 0.806 bits per heavy atom. The number of hydrogen-bond donors (Lipinski definition) is 3. The van der Waals surface area contributed by atoms with Crippen molar-refractivity contribution >= 4 is 24.2 Å². The number of alkyl carbamates (subject to hydrolysis) is 3. The predicted molar refractivity (Wildman–Crippen MR) is 251 cm³/mol. The molecule has 6 unspecified atom stereocenters. The van der Waals surface area contributed by atoms with Crippen molar-refractivity contribution in [2.75, 3.05) is 78.7 Å². The minimum atomic E-state index is -1.30. The average Bonchev–Trinajstić information content (AvgIpc) is 4.01. The predicted octanol–water partition coefficient (Wildman–Crippen LogP) is 3.69. The molecular formula is C48H79N9O10. The zero-order chi connectivity index (χ0) is 48.7. The highest BCUT2D eigenvalue weighted by molar-refractivity contribution is 5.84. The van der Waals surface area contributed by atoms with E-state index >= 15 is 19.2 Å². The van der Waals surface area contributed by atoms with Crippen LogP contribution in [0.5, 0.6) is 0 Å². The van der Waals surface area contributed by atoms with Gasteiger partial charge in [0.15, 0.2) is 0 Å². The number of hydrogen-bond acceptors (Lipinski definition) is 13. The summed E-state index contributed by atoms with van der Waals surface area (Å²) < 4.78 is 19.3. The van der Waals surface area contributed by atoms with Gasteiger partial charge < -0.3 is 30.2 Å². The number of carbonyl (C=O) groups excluding carboxylic acids is 4. The van der Waals surface area contributed by atoms with Gasteiger partial charge in [-0.05, 0) is 84.9 Å². The molecule has 0 aromatic carbocycles. The number of rotatable bonds is 17. The normalized spacial score (nSPS) is 31.0. The van der Waals surface area contributed by atoms with Crippen molar-refractivity contribution in [2.24, 2.45) is 32.5 Å². The summed E-state index contributed by atoms with van der Waals surface area (Å²) in [5.41, 5.74) is -6.75. The SMILES string of the molecule is CC1(C)CC(NC(=O)OCCN2CC2)CC(C)(Cn2c(=O)n(CC3(C)CC(NC(=O)OCCN4CC4)CC(C)(C)C3)c(=O)n(C(=O)C3(C)CC(NC(=O)OCCN4CC4)CC(C)(C)C3)c2=O)C1. The molecule has 67 heavy (non-hydrogen) atoms. The Morgan fingerprint density at radius 1 is 0.478 bits per heavy atom. The van der Waals surface area contributed by atoms with E-state index in [1.807, 2.05) is 27.7 Å². The molecular weight excluding hydrogens is 863 g/mol. The van der Waals surface area contributed by atoms with Crippen LogP contribution in [0.3, 0.4) is 0 Å². The monoisotopic (exact) mass is 942 g/mol. The number of amides is 3. The van der Waals surface area contributed by atoms with E-state index in [-0.39, 0.29) is 62.2 Å². The summed E-state index contributed by atoms with van der Waals surface area (Å²) in [5, 5.41) is 9.04. The number of carbonyl (C=O) groups is 4. The van der Waals surface area contributed by atoms with E-state index in [1.165, 1.54) is 0 Å². The highest BCUT2D eigenvalue weighted by Gasteiger charge is 2.50. The molecule has 6 aliphatic rings. The van der Waals surface area contributed by atoms with Gasteiger partial charge in [0, 0.05) is 90.1 Å². The fraction of sp³-hybridized carbons (Fsp3) is 0.854. The van der Waals surface area contributed by atoms with Gasteiger partial charge in [-0.25, -0.2) is 37.9 Å². The second-order valence-electron chi connectivity index (χ2n) is 24.5. The first-order chi connectivity index (χ1) is 31.2. The molecule has 3 amide bonds. The fourth-order valence-corrected chi connectivity index (χ4v) is 12.9. The Morgan fingerprint density at radius 3 is 1.15 bits per heavy atom. The van der Waals surface area contributed by atoms with E-state index in [0.29, 0.717) is 75.6 Å². The molecule has 376 valence electrons. The second kappa shape index (κ2) is 19.3. The van der Waals surface area contributed by atoms with Crippen LogP contribution in [0, 0.1) is 32.5 Å². The quantitative estimate of drug-likeness (QED) is 0.151. The molecule has 3 saturated heterocycles. The van der Waals surface area contributed by atoms with Crippen molar-refractivity contribution in [1.82, 2.24) is 44.4 Å². The lowest BCUT2D eigenvalue weighted by molar-refractivity contribution is 0.0330. The highest BCUT2D eigenvalue weighted by Crippen LogP contribution is 2.49. The number of nitrogens with zero attached hydrogens (tertiary/aromatic N) is 6.